The number of carbonyl (C=O) groups is 1. The molecule has 2 saturated heterocycles. The third kappa shape index (κ3) is 2.84. The van der Waals surface area contributed by atoms with Gasteiger partial charge < -0.3 is 15.0 Å². The summed E-state index contributed by atoms with van der Waals surface area (Å²) in [6, 6.07) is 1.83. The smallest absolute Gasteiger partial charge is 0.254 e. The topological polar surface area (TPSA) is 67.4 Å². The zero-order chi connectivity index (χ0) is 13.1. The fraction of sp³-hybridized carbons (Fsp3) is 0.615. The van der Waals surface area contributed by atoms with E-state index in [1.165, 1.54) is 19.2 Å². The molecule has 2 aliphatic rings. The van der Waals surface area contributed by atoms with Crippen LogP contribution in [0.2, 0.25) is 0 Å². The van der Waals surface area contributed by atoms with Gasteiger partial charge >= 0.3 is 0 Å². The van der Waals surface area contributed by atoms with Crippen molar-refractivity contribution in [3.05, 3.63) is 12.4 Å². The van der Waals surface area contributed by atoms with E-state index in [9.17, 15) is 4.79 Å². The lowest BCUT2D eigenvalue weighted by molar-refractivity contribution is -0.124. The number of amides is 1. The average Bonchev–Trinajstić information content (AvgIpc) is 3.13. The maximum atomic E-state index is 11.9. The monoisotopic (exact) mass is 262 g/mol. The minimum atomic E-state index is -0.329. The van der Waals surface area contributed by atoms with Gasteiger partial charge in [0, 0.05) is 25.8 Å². The van der Waals surface area contributed by atoms with Crippen molar-refractivity contribution < 1.29 is 9.53 Å². The van der Waals surface area contributed by atoms with Gasteiger partial charge in [0.25, 0.3) is 5.91 Å². The van der Waals surface area contributed by atoms with Crippen molar-refractivity contribution in [2.75, 3.05) is 29.9 Å². The van der Waals surface area contributed by atoms with Gasteiger partial charge in [-0.25, -0.2) is 9.97 Å². The van der Waals surface area contributed by atoms with Gasteiger partial charge in [-0.3, -0.25) is 4.79 Å². The van der Waals surface area contributed by atoms with Crippen molar-refractivity contribution >= 4 is 17.5 Å². The molecular formula is C13H18N4O2. The molecular weight excluding hydrogens is 244 g/mol. The lowest BCUT2D eigenvalue weighted by Gasteiger charge is -2.17. The van der Waals surface area contributed by atoms with Crippen LogP contribution in [0.1, 0.15) is 25.7 Å². The van der Waals surface area contributed by atoms with Gasteiger partial charge in [-0.1, -0.05) is 0 Å². The summed E-state index contributed by atoms with van der Waals surface area (Å²) in [5, 5.41) is 2.81. The molecule has 1 atom stereocenters. The number of aromatic nitrogens is 2. The standard InChI is InChI=1S/C13H18N4O2/c18-13(10-4-3-7-19-10)16-11-8-12(15-9-14-11)17-5-1-2-6-17/h8-10H,1-7H2,(H,14,15,16,18). The fourth-order valence-electron chi connectivity index (χ4n) is 2.53. The molecule has 2 aliphatic heterocycles. The number of rotatable bonds is 3. The quantitative estimate of drug-likeness (QED) is 0.886. The maximum absolute atomic E-state index is 11.9. The molecule has 0 aliphatic carbocycles. The first kappa shape index (κ1) is 12.3. The van der Waals surface area contributed by atoms with Crippen molar-refractivity contribution in [1.29, 1.82) is 0 Å². The Morgan fingerprint density at radius 3 is 2.89 bits per heavy atom. The maximum Gasteiger partial charge on any atom is 0.254 e. The first-order chi connectivity index (χ1) is 9.33. The number of hydrogen-bond acceptors (Lipinski definition) is 5. The second kappa shape index (κ2) is 5.52. The Morgan fingerprint density at radius 1 is 1.32 bits per heavy atom. The minimum absolute atomic E-state index is 0.108. The summed E-state index contributed by atoms with van der Waals surface area (Å²) in [6.45, 7) is 2.72. The third-order valence-electron chi connectivity index (χ3n) is 3.56. The lowest BCUT2D eigenvalue weighted by Crippen LogP contribution is -2.27. The Kier molecular flexibility index (Phi) is 3.59. The summed E-state index contributed by atoms with van der Waals surface area (Å²) in [6.07, 6.45) is 5.30. The summed E-state index contributed by atoms with van der Waals surface area (Å²) in [5.74, 6) is 1.33. The van der Waals surface area contributed by atoms with Gasteiger partial charge in [-0.05, 0) is 25.7 Å². The second-order valence-corrected chi connectivity index (χ2v) is 4.95. The average molecular weight is 262 g/mol. The van der Waals surface area contributed by atoms with Crippen LogP contribution in [0.3, 0.4) is 0 Å². The van der Waals surface area contributed by atoms with E-state index in [0.29, 0.717) is 12.4 Å². The number of anilines is 2. The number of ether oxygens (including phenoxy) is 1. The van der Waals surface area contributed by atoms with E-state index < -0.39 is 0 Å². The van der Waals surface area contributed by atoms with E-state index in [2.05, 4.69) is 20.2 Å². The predicted molar refractivity (Wildman–Crippen MR) is 71.1 cm³/mol. The van der Waals surface area contributed by atoms with E-state index in [4.69, 9.17) is 4.74 Å². The van der Waals surface area contributed by atoms with Gasteiger partial charge in [0.1, 0.15) is 24.1 Å². The molecule has 1 unspecified atom stereocenters. The summed E-state index contributed by atoms with van der Waals surface area (Å²) >= 11 is 0. The molecule has 19 heavy (non-hydrogen) atoms. The van der Waals surface area contributed by atoms with Crippen molar-refractivity contribution in [2.45, 2.75) is 31.8 Å². The molecule has 3 rings (SSSR count). The van der Waals surface area contributed by atoms with Crippen LogP contribution in [0.15, 0.2) is 12.4 Å². The van der Waals surface area contributed by atoms with Gasteiger partial charge in [0.15, 0.2) is 0 Å². The molecule has 0 radical (unpaired) electrons. The van der Waals surface area contributed by atoms with Gasteiger partial charge in [-0.15, -0.1) is 0 Å². The first-order valence-corrected chi connectivity index (χ1v) is 6.82. The number of hydrogen-bond donors (Lipinski definition) is 1. The van der Waals surface area contributed by atoms with Crippen LogP contribution in [0, 0.1) is 0 Å². The fourth-order valence-corrected chi connectivity index (χ4v) is 2.53. The summed E-state index contributed by atoms with van der Waals surface area (Å²) in [5.41, 5.74) is 0. The Balaban J connectivity index is 1.66. The van der Waals surface area contributed by atoms with Gasteiger partial charge in [-0.2, -0.15) is 0 Å². The van der Waals surface area contributed by atoms with Crippen molar-refractivity contribution in [3.63, 3.8) is 0 Å². The van der Waals surface area contributed by atoms with E-state index in [1.807, 2.05) is 6.07 Å². The third-order valence-corrected chi connectivity index (χ3v) is 3.56. The number of carbonyl (C=O) groups excluding carboxylic acids is 1. The molecule has 3 heterocycles. The largest absolute Gasteiger partial charge is 0.368 e. The highest BCUT2D eigenvalue weighted by Crippen LogP contribution is 2.20. The number of nitrogens with zero attached hydrogens (tertiary/aromatic N) is 3. The second-order valence-electron chi connectivity index (χ2n) is 4.95. The molecule has 1 aromatic rings. The molecule has 0 saturated carbocycles. The highest BCUT2D eigenvalue weighted by molar-refractivity contribution is 5.93. The van der Waals surface area contributed by atoms with E-state index in [0.717, 1.165) is 31.7 Å². The number of nitrogens with one attached hydrogen (secondary N) is 1. The SMILES string of the molecule is O=C(Nc1cc(N2CCCC2)ncn1)C1CCCO1. The molecule has 1 aromatic heterocycles. The van der Waals surface area contributed by atoms with Crippen molar-refractivity contribution in [3.8, 4) is 0 Å². The predicted octanol–water partition coefficient (Wildman–Crippen LogP) is 1.19. The van der Waals surface area contributed by atoms with E-state index in [1.54, 1.807) is 0 Å². The Morgan fingerprint density at radius 2 is 2.16 bits per heavy atom. The highest BCUT2D eigenvalue weighted by Gasteiger charge is 2.24. The molecule has 102 valence electrons. The molecule has 0 spiro atoms. The molecule has 1 N–H and O–H groups in total. The van der Waals surface area contributed by atoms with Crippen molar-refractivity contribution in [1.82, 2.24) is 9.97 Å². The molecule has 2 fully saturated rings. The Labute approximate surface area is 112 Å². The molecule has 6 heteroatoms. The Hall–Kier alpha value is -1.69. The van der Waals surface area contributed by atoms with Gasteiger partial charge in [0.2, 0.25) is 0 Å². The molecule has 6 nitrogen and oxygen atoms in total. The van der Waals surface area contributed by atoms with E-state index >= 15 is 0 Å². The molecule has 1 amide bonds. The summed E-state index contributed by atoms with van der Waals surface area (Å²) < 4.78 is 5.35. The minimum Gasteiger partial charge on any atom is -0.368 e. The van der Waals surface area contributed by atoms with E-state index in [-0.39, 0.29) is 12.0 Å². The highest BCUT2D eigenvalue weighted by atomic mass is 16.5. The van der Waals surface area contributed by atoms with Crippen LogP contribution in [-0.2, 0) is 9.53 Å². The van der Waals surface area contributed by atoms with Crippen LogP contribution in [0.5, 0.6) is 0 Å². The Bertz CT molecular complexity index is 454. The summed E-state index contributed by atoms with van der Waals surface area (Å²) in [7, 11) is 0. The van der Waals surface area contributed by atoms with Gasteiger partial charge in [0.05, 0.1) is 0 Å². The van der Waals surface area contributed by atoms with Crippen molar-refractivity contribution in [2.24, 2.45) is 0 Å². The van der Waals surface area contributed by atoms with Crippen LogP contribution in [0.25, 0.3) is 0 Å². The molecule has 0 aromatic carbocycles. The van der Waals surface area contributed by atoms with Crippen LogP contribution in [-0.4, -0.2) is 41.7 Å². The zero-order valence-electron chi connectivity index (χ0n) is 10.8. The zero-order valence-corrected chi connectivity index (χ0v) is 10.8. The first-order valence-electron chi connectivity index (χ1n) is 6.82. The summed E-state index contributed by atoms with van der Waals surface area (Å²) in [4.78, 5) is 22.5. The normalized spacial score (nSPS) is 22.7. The van der Waals surface area contributed by atoms with Crippen LogP contribution in [0.4, 0.5) is 11.6 Å². The molecule has 0 bridgehead atoms. The lowest BCUT2D eigenvalue weighted by atomic mass is 10.2. The van der Waals surface area contributed by atoms with Crippen LogP contribution >= 0.6 is 0 Å². The van der Waals surface area contributed by atoms with Crippen LogP contribution < -0.4 is 10.2 Å².